The summed E-state index contributed by atoms with van der Waals surface area (Å²) in [4.78, 5) is 4.35. The van der Waals surface area contributed by atoms with Crippen molar-refractivity contribution in [2.45, 2.75) is 25.6 Å². The summed E-state index contributed by atoms with van der Waals surface area (Å²) in [5, 5.41) is 17.0. The first-order chi connectivity index (χ1) is 12.9. The number of aromatic nitrogens is 3. The lowest BCUT2D eigenvalue weighted by atomic mass is 9.97. The van der Waals surface area contributed by atoms with Crippen LogP contribution in [0.25, 0.3) is 11.4 Å². The number of H-pyrrole nitrogens is 1. The fourth-order valence-electron chi connectivity index (χ4n) is 2.78. The molecule has 0 bridgehead atoms. The summed E-state index contributed by atoms with van der Waals surface area (Å²) in [6.07, 6.45) is 3.61. The number of pyridine rings is 1. The van der Waals surface area contributed by atoms with Gasteiger partial charge in [0.2, 0.25) is 0 Å². The molecule has 0 radical (unpaired) electrons. The molecule has 2 atom stereocenters. The molecule has 3 aromatic rings. The molecule has 0 amide bonds. The minimum Gasteiger partial charge on any atom is -0.487 e. The van der Waals surface area contributed by atoms with Crippen LogP contribution in [-0.2, 0) is 24.1 Å². The lowest BCUT2D eigenvalue weighted by Crippen LogP contribution is -2.33. The molecule has 0 aliphatic heterocycles. The number of nitrogens with one attached hydrogen (secondary N) is 1. The highest BCUT2D eigenvalue weighted by atomic mass is 32.2. The first kappa shape index (κ1) is 19.2. The summed E-state index contributed by atoms with van der Waals surface area (Å²) in [6.45, 7) is 1.91. The molecule has 0 aliphatic rings. The van der Waals surface area contributed by atoms with Crippen LogP contribution in [0.3, 0.4) is 0 Å². The van der Waals surface area contributed by atoms with Crippen LogP contribution in [0, 0.1) is 0 Å². The van der Waals surface area contributed by atoms with Gasteiger partial charge in [0.25, 0.3) is 0 Å². The lowest BCUT2D eigenvalue weighted by molar-refractivity contribution is 0.0839. The number of hydrogen-bond acceptors (Lipinski definition) is 5. The lowest BCUT2D eigenvalue weighted by Gasteiger charge is -2.21. The van der Waals surface area contributed by atoms with E-state index in [0.29, 0.717) is 12.4 Å². The van der Waals surface area contributed by atoms with Gasteiger partial charge < -0.3 is 14.4 Å². The number of nitrogens with zero attached hydrogens (tertiary/aromatic N) is 2. The van der Waals surface area contributed by atoms with E-state index in [1.807, 2.05) is 42.5 Å². The summed E-state index contributed by atoms with van der Waals surface area (Å²) in [6, 6.07) is 13.1. The van der Waals surface area contributed by atoms with E-state index in [-0.39, 0.29) is 12.2 Å². The molecule has 2 aromatic heterocycles. The van der Waals surface area contributed by atoms with E-state index in [9.17, 15) is 9.32 Å². The Bertz CT molecular complexity index is 896. The Labute approximate surface area is 159 Å². The highest BCUT2D eigenvalue weighted by Gasteiger charge is 2.23. The van der Waals surface area contributed by atoms with Crippen molar-refractivity contribution in [3.8, 4) is 17.1 Å². The Morgan fingerprint density at radius 1 is 1.22 bits per heavy atom. The number of benzene rings is 1. The van der Waals surface area contributed by atoms with Gasteiger partial charge in [0.15, 0.2) is 11.1 Å². The third-order valence-corrected chi connectivity index (χ3v) is 4.80. The molecule has 0 spiro atoms. The van der Waals surface area contributed by atoms with Crippen LogP contribution in [0.5, 0.6) is 5.75 Å². The van der Waals surface area contributed by atoms with Crippen molar-refractivity contribution in [1.29, 1.82) is 0 Å². The Morgan fingerprint density at radius 2 is 2.04 bits per heavy atom. The smallest absolute Gasteiger partial charge is 0.155 e. The Balaban J connectivity index is 1.60. The Kier molecular flexibility index (Phi) is 6.00. The number of ether oxygens (including phenoxy) is 1. The van der Waals surface area contributed by atoms with Crippen LogP contribution in [0.4, 0.5) is 0 Å². The Hall–Kier alpha value is -2.55. The standard InChI is InChI=1S/C19H21N3O4S/c1-19(23,13-27(24)25)10-14-3-2-4-15(9-14)12-26-16-5-6-17(20-11-16)18-7-8-21-22-18/h2-9,11,23H,10,12-13H2,1H3,(H,21,22)(H,24,25). The minimum absolute atomic E-state index is 0.192. The molecule has 1 aromatic carbocycles. The second-order valence-electron chi connectivity index (χ2n) is 6.60. The van der Waals surface area contributed by atoms with E-state index < -0.39 is 16.7 Å². The Morgan fingerprint density at radius 3 is 2.70 bits per heavy atom. The van der Waals surface area contributed by atoms with Crippen molar-refractivity contribution in [3.63, 3.8) is 0 Å². The number of aliphatic hydroxyl groups is 1. The average Bonchev–Trinajstić information content (AvgIpc) is 3.14. The maximum Gasteiger partial charge on any atom is 0.155 e. The molecular weight excluding hydrogens is 366 g/mol. The van der Waals surface area contributed by atoms with Gasteiger partial charge in [-0.1, -0.05) is 24.3 Å². The zero-order valence-electron chi connectivity index (χ0n) is 14.8. The van der Waals surface area contributed by atoms with Crippen LogP contribution < -0.4 is 4.74 Å². The van der Waals surface area contributed by atoms with Crippen molar-refractivity contribution in [2.75, 3.05) is 5.75 Å². The predicted octanol–water partition coefficient (Wildman–Crippen LogP) is 2.57. The second kappa shape index (κ2) is 8.43. The summed E-state index contributed by atoms with van der Waals surface area (Å²) in [5.74, 6) is 0.452. The molecule has 27 heavy (non-hydrogen) atoms. The van der Waals surface area contributed by atoms with Crippen LogP contribution in [-0.4, -0.2) is 40.4 Å². The molecule has 3 rings (SSSR count). The van der Waals surface area contributed by atoms with Crippen molar-refractivity contribution in [3.05, 3.63) is 66.0 Å². The van der Waals surface area contributed by atoms with Gasteiger partial charge in [-0.3, -0.25) is 10.1 Å². The van der Waals surface area contributed by atoms with E-state index in [1.165, 1.54) is 0 Å². The maximum atomic E-state index is 11.0. The average molecular weight is 387 g/mol. The quantitative estimate of drug-likeness (QED) is 0.513. The predicted molar refractivity (Wildman–Crippen MR) is 103 cm³/mol. The summed E-state index contributed by atoms with van der Waals surface area (Å²) >= 11 is -2.04. The summed E-state index contributed by atoms with van der Waals surface area (Å²) in [7, 11) is 0. The monoisotopic (exact) mass is 387 g/mol. The fraction of sp³-hybridized carbons (Fsp3) is 0.263. The van der Waals surface area contributed by atoms with E-state index in [0.717, 1.165) is 22.5 Å². The second-order valence-corrected chi connectivity index (χ2v) is 7.53. The number of hydrogen-bond donors (Lipinski definition) is 3. The van der Waals surface area contributed by atoms with Crippen LogP contribution >= 0.6 is 0 Å². The highest BCUT2D eigenvalue weighted by Crippen LogP contribution is 2.19. The van der Waals surface area contributed by atoms with Crippen LogP contribution in [0.15, 0.2) is 54.9 Å². The number of rotatable bonds is 8. The molecular formula is C19H21N3O4S. The van der Waals surface area contributed by atoms with Crippen molar-refractivity contribution in [1.82, 2.24) is 15.2 Å². The summed E-state index contributed by atoms with van der Waals surface area (Å²) < 4.78 is 25.7. The molecule has 0 saturated heterocycles. The van der Waals surface area contributed by atoms with Crippen molar-refractivity contribution < 1.29 is 18.6 Å². The van der Waals surface area contributed by atoms with Gasteiger partial charge in [0.05, 0.1) is 28.9 Å². The fourth-order valence-corrected chi connectivity index (χ4v) is 3.41. The molecule has 0 fully saturated rings. The van der Waals surface area contributed by atoms with Gasteiger partial charge in [-0.2, -0.15) is 5.10 Å². The zero-order chi connectivity index (χ0) is 19.3. The van der Waals surface area contributed by atoms with Gasteiger partial charge in [-0.05, 0) is 36.2 Å². The first-order valence-corrected chi connectivity index (χ1v) is 9.65. The van der Waals surface area contributed by atoms with Gasteiger partial charge >= 0.3 is 0 Å². The van der Waals surface area contributed by atoms with E-state index in [2.05, 4.69) is 15.2 Å². The molecule has 7 nitrogen and oxygen atoms in total. The molecule has 8 heteroatoms. The van der Waals surface area contributed by atoms with Gasteiger partial charge in [-0.25, -0.2) is 4.21 Å². The van der Waals surface area contributed by atoms with E-state index in [1.54, 1.807) is 19.3 Å². The third kappa shape index (κ3) is 5.72. The molecule has 0 saturated carbocycles. The van der Waals surface area contributed by atoms with Crippen LogP contribution in [0.1, 0.15) is 18.1 Å². The largest absolute Gasteiger partial charge is 0.487 e. The highest BCUT2D eigenvalue weighted by molar-refractivity contribution is 7.79. The first-order valence-electron chi connectivity index (χ1n) is 8.37. The van der Waals surface area contributed by atoms with Crippen LogP contribution in [0.2, 0.25) is 0 Å². The molecule has 2 heterocycles. The molecule has 0 aliphatic carbocycles. The zero-order valence-corrected chi connectivity index (χ0v) is 15.6. The molecule has 2 unspecified atom stereocenters. The van der Waals surface area contributed by atoms with E-state index >= 15 is 0 Å². The van der Waals surface area contributed by atoms with Gasteiger partial charge in [0, 0.05) is 12.6 Å². The topological polar surface area (TPSA) is 108 Å². The maximum absolute atomic E-state index is 11.0. The molecule has 142 valence electrons. The van der Waals surface area contributed by atoms with Gasteiger partial charge in [0.1, 0.15) is 12.4 Å². The van der Waals surface area contributed by atoms with Gasteiger partial charge in [-0.15, -0.1) is 0 Å². The summed E-state index contributed by atoms with van der Waals surface area (Å²) in [5.41, 5.74) is 2.19. The van der Waals surface area contributed by atoms with Crippen molar-refractivity contribution in [2.24, 2.45) is 0 Å². The SMILES string of the molecule is CC(O)(Cc1cccc(COc2ccc(-c3ccn[nH]3)nc2)c1)CS(=O)O. The third-order valence-electron chi connectivity index (χ3n) is 3.93. The minimum atomic E-state index is -2.04. The van der Waals surface area contributed by atoms with E-state index in [4.69, 9.17) is 9.29 Å². The molecule has 3 N–H and O–H groups in total. The normalized spacial score (nSPS) is 14.5. The van der Waals surface area contributed by atoms with Crippen molar-refractivity contribution >= 4 is 11.1 Å². The number of aromatic amines is 1.